The Morgan fingerprint density at radius 3 is 2.69 bits per heavy atom. The third-order valence-electron chi connectivity index (χ3n) is 2.88. The van der Waals surface area contributed by atoms with Crippen LogP contribution in [0.2, 0.25) is 0 Å². The minimum Gasteiger partial charge on any atom is -0.371 e. The zero-order valence-corrected chi connectivity index (χ0v) is 9.22. The Balaban J connectivity index is 2.03. The van der Waals surface area contributed by atoms with Crippen molar-refractivity contribution in [2.24, 2.45) is 11.7 Å². The number of alkyl halides is 3. The van der Waals surface area contributed by atoms with E-state index in [1.165, 1.54) is 0 Å². The van der Waals surface area contributed by atoms with Crippen LogP contribution in [0, 0.1) is 5.92 Å². The zero-order valence-electron chi connectivity index (χ0n) is 9.22. The molecular formula is C10H19F3N2O. The Labute approximate surface area is 93.5 Å². The predicted octanol–water partition coefficient (Wildman–Crippen LogP) is 1.28. The van der Waals surface area contributed by atoms with Gasteiger partial charge in [0.1, 0.15) is 6.61 Å². The molecular weight excluding hydrogens is 221 g/mol. The molecule has 0 bridgehead atoms. The third kappa shape index (κ3) is 5.14. The Hall–Kier alpha value is -0.330. The molecule has 1 aliphatic carbocycles. The van der Waals surface area contributed by atoms with E-state index in [0.29, 0.717) is 25.0 Å². The first kappa shape index (κ1) is 13.7. The Bertz CT molecular complexity index is 199. The monoisotopic (exact) mass is 240 g/mol. The molecule has 1 aliphatic rings. The average Bonchev–Trinajstić information content (AvgIpc) is 2.63. The maximum Gasteiger partial charge on any atom is 0.411 e. The first-order valence-electron chi connectivity index (χ1n) is 5.61. The molecule has 0 amide bonds. The third-order valence-corrected chi connectivity index (χ3v) is 2.88. The fourth-order valence-electron chi connectivity index (χ4n) is 2.09. The first-order chi connectivity index (χ1) is 7.53. The standard InChI is InChI=1S/C10H19F3N2O/c11-10(12,13)7-16-5-4-15-9-3-1-2-8(9)6-14/h8-9,15H,1-7,14H2. The van der Waals surface area contributed by atoms with Crippen molar-refractivity contribution in [1.29, 1.82) is 0 Å². The normalized spacial score (nSPS) is 26.2. The second-order valence-electron chi connectivity index (χ2n) is 4.16. The van der Waals surface area contributed by atoms with Crippen LogP contribution in [0.5, 0.6) is 0 Å². The number of hydrogen-bond donors (Lipinski definition) is 2. The highest BCUT2D eigenvalue weighted by atomic mass is 19.4. The Morgan fingerprint density at radius 1 is 1.31 bits per heavy atom. The van der Waals surface area contributed by atoms with Gasteiger partial charge in [0.25, 0.3) is 0 Å². The molecule has 2 atom stereocenters. The summed E-state index contributed by atoms with van der Waals surface area (Å²) in [5.74, 6) is 0.461. The van der Waals surface area contributed by atoms with E-state index in [-0.39, 0.29) is 6.61 Å². The average molecular weight is 240 g/mol. The van der Waals surface area contributed by atoms with Gasteiger partial charge in [-0.25, -0.2) is 0 Å². The lowest BCUT2D eigenvalue weighted by atomic mass is 10.0. The highest BCUT2D eigenvalue weighted by Crippen LogP contribution is 2.24. The van der Waals surface area contributed by atoms with Crippen molar-refractivity contribution in [3.05, 3.63) is 0 Å². The summed E-state index contributed by atoms with van der Waals surface area (Å²) < 4.78 is 39.7. The van der Waals surface area contributed by atoms with Crippen LogP contribution in [0.3, 0.4) is 0 Å². The lowest BCUT2D eigenvalue weighted by Crippen LogP contribution is -2.38. The molecule has 6 heteroatoms. The van der Waals surface area contributed by atoms with Crippen LogP contribution in [0.25, 0.3) is 0 Å². The largest absolute Gasteiger partial charge is 0.411 e. The van der Waals surface area contributed by atoms with Gasteiger partial charge in [-0.3, -0.25) is 0 Å². The quantitative estimate of drug-likeness (QED) is 0.688. The van der Waals surface area contributed by atoms with Crippen LogP contribution in [-0.2, 0) is 4.74 Å². The SMILES string of the molecule is NCC1CCCC1NCCOCC(F)(F)F. The van der Waals surface area contributed by atoms with Crippen molar-refractivity contribution in [2.45, 2.75) is 31.5 Å². The van der Waals surface area contributed by atoms with Gasteiger partial charge >= 0.3 is 6.18 Å². The van der Waals surface area contributed by atoms with Gasteiger partial charge in [-0.1, -0.05) is 6.42 Å². The van der Waals surface area contributed by atoms with Crippen LogP contribution in [-0.4, -0.2) is 38.5 Å². The number of hydrogen-bond acceptors (Lipinski definition) is 3. The number of nitrogens with one attached hydrogen (secondary N) is 1. The van der Waals surface area contributed by atoms with Gasteiger partial charge in [0.05, 0.1) is 6.61 Å². The molecule has 3 N–H and O–H groups in total. The van der Waals surface area contributed by atoms with Crippen molar-refractivity contribution in [1.82, 2.24) is 5.32 Å². The molecule has 0 aliphatic heterocycles. The fourth-order valence-corrected chi connectivity index (χ4v) is 2.09. The smallest absolute Gasteiger partial charge is 0.371 e. The van der Waals surface area contributed by atoms with Gasteiger partial charge in [0, 0.05) is 12.6 Å². The number of rotatable bonds is 6. The summed E-state index contributed by atoms with van der Waals surface area (Å²) >= 11 is 0. The molecule has 3 nitrogen and oxygen atoms in total. The Morgan fingerprint density at radius 2 is 2.06 bits per heavy atom. The molecule has 0 radical (unpaired) electrons. The molecule has 1 saturated carbocycles. The van der Waals surface area contributed by atoms with Gasteiger partial charge in [-0.2, -0.15) is 13.2 Å². The topological polar surface area (TPSA) is 47.3 Å². The van der Waals surface area contributed by atoms with Crippen LogP contribution in [0.4, 0.5) is 13.2 Å². The van der Waals surface area contributed by atoms with E-state index in [9.17, 15) is 13.2 Å². The second-order valence-corrected chi connectivity index (χ2v) is 4.16. The summed E-state index contributed by atoms with van der Waals surface area (Å²) in [6, 6.07) is 0.347. The van der Waals surface area contributed by atoms with E-state index < -0.39 is 12.8 Å². The predicted molar refractivity (Wildman–Crippen MR) is 55.1 cm³/mol. The summed E-state index contributed by atoms with van der Waals surface area (Å²) in [5, 5.41) is 3.20. The molecule has 0 aromatic carbocycles. The molecule has 0 aromatic rings. The van der Waals surface area contributed by atoms with Gasteiger partial charge in [0.15, 0.2) is 0 Å². The number of nitrogens with two attached hydrogens (primary N) is 1. The van der Waals surface area contributed by atoms with E-state index in [1.807, 2.05) is 0 Å². The van der Waals surface area contributed by atoms with Crippen LogP contribution in [0.1, 0.15) is 19.3 Å². The highest BCUT2D eigenvalue weighted by Gasteiger charge is 2.28. The highest BCUT2D eigenvalue weighted by molar-refractivity contribution is 4.83. The van der Waals surface area contributed by atoms with Gasteiger partial charge in [-0.05, 0) is 25.3 Å². The Kier molecular flexibility index (Phi) is 5.51. The fraction of sp³-hybridized carbons (Fsp3) is 1.00. The van der Waals surface area contributed by atoms with E-state index >= 15 is 0 Å². The molecule has 0 saturated heterocycles. The van der Waals surface area contributed by atoms with Crippen molar-refractivity contribution < 1.29 is 17.9 Å². The summed E-state index contributed by atoms with van der Waals surface area (Å²) in [6.07, 6.45) is -0.922. The van der Waals surface area contributed by atoms with Crippen molar-refractivity contribution in [3.8, 4) is 0 Å². The van der Waals surface area contributed by atoms with E-state index in [2.05, 4.69) is 10.1 Å². The summed E-state index contributed by atoms with van der Waals surface area (Å²) in [7, 11) is 0. The zero-order chi connectivity index (χ0) is 12.0. The number of halogens is 3. The van der Waals surface area contributed by atoms with Crippen molar-refractivity contribution in [2.75, 3.05) is 26.3 Å². The van der Waals surface area contributed by atoms with E-state index in [0.717, 1.165) is 19.3 Å². The van der Waals surface area contributed by atoms with Crippen molar-refractivity contribution >= 4 is 0 Å². The van der Waals surface area contributed by atoms with E-state index in [4.69, 9.17) is 5.73 Å². The minimum atomic E-state index is -4.23. The molecule has 0 heterocycles. The first-order valence-corrected chi connectivity index (χ1v) is 5.61. The van der Waals surface area contributed by atoms with Crippen LogP contribution < -0.4 is 11.1 Å². The summed E-state index contributed by atoms with van der Waals surface area (Å²) in [6.45, 7) is 0.0191. The molecule has 1 fully saturated rings. The van der Waals surface area contributed by atoms with Gasteiger partial charge in [0.2, 0.25) is 0 Å². The van der Waals surface area contributed by atoms with Crippen LogP contribution in [0.15, 0.2) is 0 Å². The van der Waals surface area contributed by atoms with Crippen molar-refractivity contribution in [3.63, 3.8) is 0 Å². The summed E-state index contributed by atoms with van der Waals surface area (Å²) in [4.78, 5) is 0. The van der Waals surface area contributed by atoms with Gasteiger partial charge in [-0.15, -0.1) is 0 Å². The number of ether oxygens (including phenoxy) is 1. The van der Waals surface area contributed by atoms with Crippen LogP contribution >= 0.6 is 0 Å². The molecule has 96 valence electrons. The maximum absolute atomic E-state index is 11.7. The summed E-state index contributed by atoms with van der Waals surface area (Å²) in [5.41, 5.74) is 5.59. The lowest BCUT2D eigenvalue weighted by molar-refractivity contribution is -0.173. The second kappa shape index (κ2) is 6.42. The molecule has 1 rings (SSSR count). The molecule has 2 unspecified atom stereocenters. The molecule has 0 spiro atoms. The minimum absolute atomic E-state index is 0.0906. The van der Waals surface area contributed by atoms with E-state index in [1.54, 1.807) is 0 Å². The molecule has 0 aromatic heterocycles. The van der Waals surface area contributed by atoms with Gasteiger partial charge < -0.3 is 15.8 Å². The maximum atomic E-state index is 11.7. The lowest BCUT2D eigenvalue weighted by Gasteiger charge is -2.19. The molecule has 16 heavy (non-hydrogen) atoms.